The Hall–Kier alpha value is -3.22. The zero-order chi connectivity index (χ0) is 29.3. The van der Waals surface area contributed by atoms with Crippen LogP contribution < -0.4 is 15.4 Å². The molecule has 216 valence electrons. The Bertz CT molecular complexity index is 1190. The van der Waals surface area contributed by atoms with Gasteiger partial charge in [0.1, 0.15) is 23.2 Å². The maximum Gasteiger partial charge on any atom is 0.408 e. The van der Waals surface area contributed by atoms with Crippen LogP contribution in [0.25, 0.3) is 0 Å². The average Bonchev–Trinajstić information content (AvgIpc) is 3.73. The van der Waals surface area contributed by atoms with E-state index in [2.05, 4.69) is 28.5 Å². The molecular weight excluding hydrogens is 528 g/mol. The number of hydrogen-bond acceptors (Lipinski definition) is 8. The van der Waals surface area contributed by atoms with Crippen molar-refractivity contribution in [3.63, 3.8) is 0 Å². The Morgan fingerprint density at radius 3 is 2.31 bits per heavy atom. The maximum atomic E-state index is 13.5. The summed E-state index contributed by atoms with van der Waals surface area (Å²) in [4.78, 5) is 66.1. The lowest BCUT2D eigenvalue weighted by Crippen LogP contribution is -2.58. The first-order chi connectivity index (χ1) is 18.0. The number of sulfonamides is 1. The number of ketones is 1. The second kappa shape index (κ2) is 11.1. The minimum absolute atomic E-state index is 0.171. The summed E-state index contributed by atoms with van der Waals surface area (Å²) in [7, 11) is -3.84. The lowest BCUT2D eigenvalue weighted by atomic mass is 10.0. The van der Waals surface area contributed by atoms with Crippen LogP contribution in [-0.4, -0.2) is 77.9 Å². The number of carbonyl (C=O) groups is 5. The number of carbonyl (C=O) groups excluding carboxylic acids is 5. The maximum absolute atomic E-state index is 13.5. The molecule has 39 heavy (non-hydrogen) atoms. The third-order valence-corrected chi connectivity index (χ3v) is 8.76. The fourth-order valence-corrected chi connectivity index (χ4v) is 5.90. The number of allylic oxidation sites excluding steroid dienone is 1. The highest BCUT2D eigenvalue weighted by Crippen LogP contribution is 2.45. The number of ether oxygens (including phenoxy) is 1. The van der Waals surface area contributed by atoms with Gasteiger partial charge in [0.2, 0.25) is 21.8 Å². The Kier molecular flexibility index (Phi) is 8.63. The molecule has 3 N–H and O–H groups in total. The number of likely N-dealkylation sites (tertiary alicyclic amines) is 1. The zero-order valence-electron chi connectivity index (χ0n) is 22.9. The van der Waals surface area contributed by atoms with E-state index in [4.69, 9.17) is 4.74 Å². The lowest BCUT2D eigenvalue weighted by Gasteiger charge is -2.30. The minimum atomic E-state index is -3.84. The molecule has 0 radical (unpaired) electrons. The summed E-state index contributed by atoms with van der Waals surface area (Å²) in [6.07, 6.45) is 2.07. The van der Waals surface area contributed by atoms with Crippen LogP contribution in [0.15, 0.2) is 24.8 Å². The van der Waals surface area contributed by atoms with Crippen LogP contribution >= 0.6 is 0 Å². The molecule has 2 saturated carbocycles. The number of hydrogen-bond donors (Lipinski definition) is 3. The number of amides is 4. The van der Waals surface area contributed by atoms with Crippen LogP contribution in [0.3, 0.4) is 0 Å². The van der Waals surface area contributed by atoms with Crippen LogP contribution in [-0.2, 0) is 33.9 Å². The molecule has 0 unspecified atom stereocenters. The molecule has 3 aliphatic rings. The summed E-state index contributed by atoms with van der Waals surface area (Å²) in [5, 5.41) is 4.50. The van der Waals surface area contributed by atoms with Crippen molar-refractivity contribution in [3.05, 3.63) is 24.8 Å². The highest BCUT2D eigenvalue weighted by Gasteiger charge is 2.61. The molecule has 2 aliphatic carbocycles. The molecule has 4 atom stereocenters. The third kappa shape index (κ3) is 7.25. The largest absolute Gasteiger partial charge is 0.444 e. The monoisotopic (exact) mass is 566 g/mol. The Balaban J connectivity index is 1.76. The van der Waals surface area contributed by atoms with Crippen molar-refractivity contribution in [1.82, 2.24) is 20.3 Å². The van der Waals surface area contributed by atoms with Crippen LogP contribution in [0, 0.1) is 5.92 Å². The predicted octanol–water partition coefficient (Wildman–Crippen LogP) is 1.08. The molecule has 0 aromatic carbocycles. The second-order valence-corrected chi connectivity index (χ2v) is 13.4. The van der Waals surface area contributed by atoms with E-state index in [1.54, 1.807) is 20.8 Å². The molecule has 12 nitrogen and oxygen atoms in total. The fraction of sp³-hybridized carbons (Fsp3) is 0.654. The van der Waals surface area contributed by atoms with Gasteiger partial charge in [-0.05, 0) is 65.4 Å². The SMILES string of the molecule is C=C[C@@H]1C[C@]1(NC(=O)[C@@H]1CCCN1C(=O)[C@H](CC(=O)C(=C)C)NC(=O)OC(C)(C)C)C(=O)NS(=O)(=O)C1CC1. The molecule has 0 bridgehead atoms. The highest BCUT2D eigenvalue weighted by molar-refractivity contribution is 7.91. The van der Waals surface area contributed by atoms with E-state index in [0.29, 0.717) is 19.3 Å². The van der Waals surface area contributed by atoms with Crippen molar-refractivity contribution in [2.75, 3.05) is 6.54 Å². The molecule has 1 aliphatic heterocycles. The Labute approximate surface area is 229 Å². The summed E-state index contributed by atoms with van der Waals surface area (Å²) in [6.45, 7) is 13.9. The molecule has 1 heterocycles. The topological polar surface area (TPSA) is 168 Å². The van der Waals surface area contributed by atoms with Crippen LogP contribution in [0.2, 0.25) is 0 Å². The third-order valence-electron chi connectivity index (χ3n) is 6.94. The van der Waals surface area contributed by atoms with Crippen molar-refractivity contribution in [2.24, 2.45) is 5.92 Å². The summed E-state index contributed by atoms with van der Waals surface area (Å²) in [6, 6.07) is -2.30. The van der Waals surface area contributed by atoms with Crippen LogP contribution in [0.4, 0.5) is 4.79 Å². The van der Waals surface area contributed by atoms with Gasteiger partial charge in [-0.2, -0.15) is 0 Å². The lowest BCUT2D eigenvalue weighted by molar-refractivity contribution is -0.141. The Morgan fingerprint density at radius 1 is 1.15 bits per heavy atom. The molecule has 4 amide bonds. The molecule has 0 spiro atoms. The van der Waals surface area contributed by atoms with E-state index in [1.807, 2.05) is 0 Å². The number of rotatable bonds is 11. The second-order valence-electron chi connectivity index (χ2n) is 11.5. The average molecular weight is 567 g/mol. The van der Waals surface area contributed by atoms with Crippen LogP contribution in [0.1, 0.15) is 66.2 Å². The molecule has 0 aromatic heterocycles. The van der Waals surface area contributed by atoms with Crippen molar-refractivity contribution in [2.45, 2.75) is 94.7 Å². The van der Waals surface area contributed by atoms with E-state index < -0.39 is 74.0 Å². The number of alkyl carbamates (subject to hydrolysis) is 1. The molecule has 13 heteroatoms. The number of Topliss-reactive ketones (excluding diaryl/α,β-unsaturated/α-hetero) is 1. The van der Waals surface area contributed by atoms with Crippen molar-refractivity contribution in [3.8, 4) is 0 Å². The quantitative estimate of drug-likeness (QED) is 0.247. The van der Waals surface area contributed by atoms with Gasteiger partial charge in [-0.25, -0.2) is 13.2 Å². The first kappa shape index (κ1) is 30.3. The normalized spacial score (nSPS) is 25.2. The molecule has 0 aromatic rings. The van der Waals surface area contributed by atoms with Crippen molar-refractivity contribution >= 4 is 39.6 Å². The summed E-state index contributed by atoms with van der Waals surface area (Å²) < 4.78 is 32.0. The van der Waals surface area contributed by atoms with Gasteiger partial charge in [0, 0.05) is 18.9 Å². The molecular formula is C26H38N4O8S. The van der Waals surface area contributed by atoms with Gasteiger partial charge in [-0.15, -0.1) is 6.58 Å². The van der Waals surface area contributed by atoms with E-state index in [0.717, 1.165) is 0 Å². The summed E-state index contributed by atoms with van der Waals surface area (Å²) in [5.41, 5.74) is -2.13. The molecule has 1 saturated heterocycles. The standard InChI is InChI=1S/C26H38N4O8S/c1-7-16-14-26(16,23(34)29-39(36,37)17-10-11-17)28-21(32)19-9-8-12-30(19)22(33)18(13-20(31)15(2)3)27-24(35)38-25(4,5)6/h7,16-19H,1-2,8-14H2,3-6H3,(H,27,35)(H,28,32)(H,29,34)/t16-,18+,19+,26-/m1/s1. The van der Waals surface area contributed by atoms with Gasteiger partial charge >= 0.3 is 6.09 Å². The van der Waals surface area contributed by atoms with E-state index in [-0.39, 0.29) is 31.4 Å². The van der Waals surface area contributed by atoms with Gasteiger partial charge in [0.05, 0.1) is 5.25 Å². The summed E-state index contributed by atoms with van der Waals surface area (Å²) in [5.74, 6) is -3.04. The zero-order valence-corrected chi connectivity index (χ0v) is 23.7. The first-order valence-electron chi connectivity index (χ1n) is 13.0. The number of nitrogens with one attached hydrogen (secondary N) is 3. The molecule has 3 rings (SSSR count). The summed E-state index contributed by atoms with van der Waals surface area (Å²) >= 11 is 0. The van der Waals surface area contributed by atoms with Gasteiger partial charge in [-0.3, -0.25) is 23.9 Å². The van der Waals surface area contributed by atoms with Crippen molar-refractivity contribution in [1.29, 1.82) is 0 Å². The van der Waals surface area contributed by atoms with Gasteiger partial charge in [0.25, 0.3) is 5.91 Å². The number of nitrogens with zero attached hydrogens (tertiary/aromatic N) is 1. The first-order valence-corrected chi connectivity index (χ1v) is 14.5. The van der Waals surface area contributed by atoms with Gasteiger partial charge in [0.15, 0.2) is 5.78 Å². The minimum Gasteiger partial charge on any atom is -0.444 e. The smallest absolute Gasteiger partial charge is 0.408 e. The van der Waals surface area contributed by atoms with Gasteiger partial charge < -0.3 is 20.3 Å². The van der Waals surface area contributed by atoms with E-state index in [1.165, 1.54) is 17.9 Å². The van der Waals surface area contributed by atoms with E-state index in [9.17, 15) is 32.4 Å². The predicted molar refractivity (Wildman–Crippen MR) is 142 cm³/mol. The van der Waals surface area contributed by atoms with Crippen molar-refractivity contribution < 1.29 is 37.1 Å². The highest BCUT2D eigenvalue weighted by atomic mass is 32.2. The fourth-order valence-electron chi connectivity index (χ4n) is 4.53. The van der Waals surface area contributed by atoms with Gasteiger partial charge in [-0.1, -0.05) is 12.7 Å². The van der Waals surface area contributed by atoms with Crippen LogP contribution in [0.5, 0.6) is 0 Å². The van der Waals surface area contributed by atoms with E-state index >= 15 is 0 Å². The Morgan fingerprint density at radius 2 is 1.79 bits per heavy atom. The molecule has 3 fully saturated rings.